The Morgan fingerprint density at radius 3 is 2.24 bits per heavy atom. The van der Waals surface area contributed by atoms with Crippen LogP contribution in [0.1, 0.15) is 6.42 Å². The van der Waals surface area contributed by atoms with Gasteiger partial charge in [0.05, 0.1) is 18.2 Å². The fraction of sp³-hybridized carbons (Fsp3) is 0.923. The summed E-state index contributed by atoms with van der Waals surface area (Å²) in [4.78, 5) is 3.98. The molecule has 10 atom stereocenters. The molecule has 1 saturated carbocycles. The van der Waals surface area contributed by atoms with Gasteiger partial charge in [-0.1, -0.05) is 0 Å². The Bertz CT molecular complexity index is 478. The predicted octanol–water partition coefficient (Wildman–Crippen LogP) is -5.80. The van der Waals surface area contributed by atoms with Crippen LogP contribution in [0.15, 0.2) is 4.99 Å². The number of nitrogens with two attached hydrogens (primary N) is 5. The third kappa shape index (κ3) is 4.19. The molecule has 1 aliphatic heterocycles. The van der Waals surface area contributed by atoms with Crippen LogP contribution in [0.4, 0.5) is 0 Å². The smallest absolute Gasteiger partial charge is 0.186 e. The number of aliphatic hydroxyl groups excluding tert-OH is 4. The third-order valence-corrected chi connectivity index (χ3v) is 4.60. The molecule has 1 saturated heterocycles. The average Bonchev–Trinajstić information content (AvgIpc) is 2.55. The Morgan fingerprint density at radius 2 is 1.68 bits per heavy atom. The van der Waals surface area contributed by atoms with Gasteiger partial charge in [0.1, 0.15) is 30.5 Å². The standard InChI is InChI=1S/C13H28N6O6/c14-2-5-8(21)9(22)6(16)12(24-5)25-11-4(19-13(17)18)1-3(15)7(20)10(11)23/h3-12,20-23H,1-2,14-16H2,(H4,17,18,19)/t3-,4+,5-,6-,7+,8-,9-,10-,11-,12-/m1/s1. The van der Waals surface area contributed by atoms with E-state index in [1.54, 1.807) is 0 Å². The summed E-state index contributed by atoms with van der Waals surface area (Å²) in [5, 5.41) is 40.2. The normalized spacial score (nSPS) is 48.1. The van der Waals surface area contributed by atoms with Gasteiger partial charge in [0.15, 0.2) is 12.2 Å². The molecule has 0 bridgehead atoms. The van der Waals surface area contributed by atoms with Crippen molar-refractivity contribution in [1.82, 2.24) is 0 Å². The van der Waals surface area contributed by atoms with Crippen molar-refractivity contribution in [2.45, 2.75) is 67.5 Å². The summed E-state index contributed by atoms with van der Waals surface area (Å²) in [5.74, 6) is -0.237. The van der Waals surface area contributed by atoms with E-state index in [0.29, 0.717) is 0 Å². The lowest BCUT2D eigenvalue weighted by Gasteiger charge is -2.45. The molecule has 2 rings (SSSR count). The molecule has 0 aromatic heterocycles. The Balaban J connectivity index is 2.20. The van der Waals surface area contributed by atoms with Crippen LogP contribution in [0, 0.1) is 0 Å². The zero-order valence-electron chi connectivity index (χ0n) is 13.6. The molecule has 12 nitrogen and oxygen atoms in total. The molecular formula is C13H28N6O6. The van der Waals surface area contributed by atoms with Crippen molar-refractivity contribution >= 4 is 5.96 Å². The van der Waals surface area contributed by atoms with Crippen molar-refractivity contribution in [2.75, 3.05) is 6.54 Å². The lowest BCUT2D eigenvalue weighted by Crippen LogP contribution is -2.66. The van der Waals surface area contributed by atoms with Crippen LogP contribution in [0.5, 0.6) is 0 Å². The molecule has 14 N–H and O–H groups in total. The highest BCUT2D eigenvalue weighted by Crippen LogP contribution is 2.29. The lowest BCUT2D eigenvalue weighted by atomic mass is 9.84. The first-order valence-electron chi connectivity index (χ1n) is 8.00. The van der Waals surface area contributed by atoms with Crippen LogP contribution in [0.25, 0.3) is 0 Å². The second-order valence-electron chi connectivity index (χ2n) is 6.44. The Kier molecular flexibility index (Phi) is 6.53. The topological polar surface area (TPSA) is 242 Å². The maximum Gasteiger partial charge on any atom is 0.186 e. The molecule has 1 heterocycles. The van der Waals surface area contributed by atoms with Crippen molar-refractivity contribution in [3.8, 4) is 0 Å². The number of aliphatic hydroxyl groups is 4. The Hall–Kier alpha value is -1.09. The molecule has 146 valence electrons. The van der Waals surface area contributed by atoms with Gasteiger partial charge in [0.2, 0.25) is 0 Å². The van der Waals surface area contributed by atoms with E-state index in [-0.39, 0.29) is 18.9 Å². The fourth-order valence-corrected chi connectivity index (χ4v) is 3.14. The minimum atomic E-state index is -1.41. The largest absolute Gasteiger partial charge is 0.389 e. The molecule has 0 amide bonds. The van der Waals surface area contributed by atoms with Gasteiger partial charge in [0.25, 0.3) is 0 Å². The predicted molar refractivity (Wildman–Crippen MR) is 86.8 cm³/mol. The van der Waals surface area contributed by atoms with Crippen LogP contribution >= 0.6 is 0 Å². The van der Waals surface area contributed by atoms with Gasteiger partial charge in [-0.3, -0.25) is 0 Å². The van der Waals surface area contributed by atoms with Gasteiger partial charge in [0, 0.05) is 12.6 Å². The van der Waals surface area contributed by atoms with E-state index in [2.05, 4.69) is 4.99 Å². The molecule has 2 fully saturated rings. The molecule has 0 aromatic rings. The number of aliphatic imine (C=N–C) groups is 1. The van der Waals surface area contributed by atoms with E-state index in [1.807, 2.05) is 0 Å². The van der Waals surface area contributed by atoms with E-state index in [9.17, 15) is 20.4 Å². The summed E-state index contributed by atoms with van der Waals surface area (Å²) >= 11 is 0. The molecule has 1 aliphatic carbocycles. The fourth-order valence-electron chi connectivity index (χ4n) is 3.14. The van der Waals surface area contributed by atoms with Gasteiger partial charge in [-0.25, -0.2) is 4.99 Å². The van der Waals surface area contributed by atoms with Crippen LogP contribution < -0.4 is 28.7 Å². The monoisotopic (exact) mass is 364 g/mol. The lowest BCUT2D eigenvalue weighted by molar-refractivity contribution is -0.287. The SMILES string of the molecule is NC[C@H]1O[C@H](O[C@H]2[C@H](O)[C@@H](O)[C@H](N)C[C@@H]2N=C(N)N)[C@H](N)[C@@H](O)[C@@H]1O. The highest BCUT2D eigenvalue weighted by atomic mass is 16.7. The Labute approximate surface area is 144 Å². The number of rotatable bonds is 4. The first-order chi connectivity index (χ1) is 11.7. The van der Waals surface area contributed by atoms with E-state index in [0.717, 1.165) is 0 Å². The van der Waals surface area contributed by atoms with E-state index >= 15 is 0 Å². The number of hydrogen-bond donors (Lipinski definition) is 9. The molecule has 0 spiro atoms. The molecule has 2 aliphatic rings. The zero-order valence-corrected chi connectivity index (χ0v) is 13.6. The number of nitrogens with zero attached hydrogens (tertiary/aromatic N) is 1. The zero-order chi connectivity index (χ0) is 18.9. The molecule has 0 unspecified atom stereocenters. The first kappa shape index (κ1) is 20.2. The first-order valence-corrected chi connectivity index (χ1v) is 8.00. The summed E-state index contributed by atoms with van der Waals surface area (Å²) in [7, 11) is 0. The number of ether oxygens (including phenoxy) is 2. The van der Waals surface area contributed by atoms with E-state index in [4.69, 9.17) is 38.1 Å². The van der Waals surface area contributed by atoms with Crippen molar-refractivity contribution in [3.05, 3.63) is 0 Å². The number of hydrogen-bond acceptors (Lipinski definition) is 10. The highest BCUT2D eigenvalue weighted by molar-refractivity contribution is 5.75. The second kappa shape index (κ2) is 8.07. The molecular weight excluding hydrogens is 336 g/mol. The minimum absolute atomic E-state index is 0.0805. The van der Waals surface area contributed by atoms with E-state index in [1.165, 1.54) is 0 Å². The maximum atomic E-state index is 10.3. The third-order valence-electron chi connectivity index (χ3n) is 4.60. The summed E-state index contributed by atoms with van der Waals surface area (Å²) in [5.41, 5.74) is 27.9. The molecule has 0 aromatic carbocycles. The maximum absolute atomic E-state index is 10.3. The molecule has 12 heteroatoms. The van der Waals surface area contributed by atoms with Gasteiger partial charge < -0.3 is 58.6 Å². The summed E-state index contributed by atoms with van der Waals surface area (Å²) in [6.07, 6.45) is -8.35. The minimum Gasteiger partial charge on any atom is -0.389 e. The number of guanidine groups is 1. The van der Waals surface area contributed by atoms with Crippen LogP contribution in [0.3, 0.4) is 0 Å². The van der Waals surface area contributed by atoms with Crippen LogP contribution in [-0.4, -0.2) is 94.0 Å². The molecule has 0 radical (unpaired) electrons. The van der Waals surface area contributed by atoms with Gasteiger partial charge in [-0.15, -0.1) is 0 Å². The summed E-state index contributed by atoms with van der Waals surface area (Å²) < 4.78 is 11.2. The van der Waals surface area contributed by atoms with Crippen LogP contribution in [-0.2, 0) is 9.47 Å². The van der Waals surface area contributed by atoms with Gasteiger partial charge >= 0.3 is 0 Å². The average molecular weight is 364 g/mol. The van der Waals surface area contributed by atoms with Gasteiger partial charge in [-0.2, -0.15) is 0 Å². The van der Waals surface area contributed by atoms with Crippen molar-refractivity contribution in [3.63, 3.8) is 0 Å². The van der Waals surface area contributed by atoms with Crippen molar-refractivity contribution in [2.24, 2.45) is 33.7 Å². The second-order valence-corrected chi connectivity index (χ2v) is 6.44. The summed E-state index contributed by atoms with van der Waals surface area (Å²) in [6, 6.07) is -2.62. The van der Waals surface area contributed by atoms with Crippen molar-refractivity contribution in [1.29, 1.82) is 0 Å². The quantitative estimate of drug-likeness (QED) is 0.168. The van der Waals surface area contributed by atoms with Crippen LogP contribution in [0.2, 0.25) is 0 Å². The van der Waals surface area contributed by atoms with E-state index < -0.39 is 61.0 Å². The van der Waals surface area contributed by atoms with Gasteiger partial charge in [-0.05, 0) is 6.42 Å². The van der Waals surface area contributed by atoms with Crippen molar-refractivity contribution < 1.29 is 29.9 Å². The Morgan fingerprint density at radius 1 is 1.04 bits per heavy atom. The highest BCUT2D eigenvalue weighted by Gasteiger charge is 2.48. The molecule has 25 heavy (non-hydrogen) atoms. The summed E-state index contributed by atoms with van der Waals surface area (Å²) in [6.45, 7) is -0.0805.